The van der Waals surface area contributed by atoms with E-state index in [1.54, 1.807) is 11.0 Å². The molecule has 1 heterocycles. The van der Waals surface area contributed by atoms with Crippen LogP contribution >= 0.6 is 0 Å². The van der Waals surface area contributed by atoms with Gasteiger partial charge in [0, 0.05) is 19.5 Å². The van der Waals surface area contributed by atoms with Gasteiger partial charge in [-0.1, -0.05) is 6.08 Å². The fraction of sp³-hybridized carbons (Fsp3) is 0.625. The Labute approximate surface area is 66.3 Å². The molecule has 1 unspecified atom stereocenters. The summed E-state index contributed by atoms with van der Waals surface area (Å²) in [5.41, 5.74) is 0. The van der Waals surface area contributed by atoms with Gasteiger partial charge in [-0.25, -0.2) is 0 Å². The van der Waals surface area contributed by atoms with Crippen LogP contribution in [0.3, 0.4) is 0 Å². The van der Waals surface area contributed by atoms with Gasteiger partial charge in [-0.2, -0.15) is 0 Å². The Morgan fingerprint density at radius 1 is 1.82 bits per heavy atom. The van der Waals surface area contributed by atoms with Gasteiger partial charge in [-0.3, -0.25) is 4.79 Å². The molecule has 1 amide bonds. The lowest BCUT2D eigenvalue weighted by molar-refractivity contribution is -0.129. The highest BCUT2D eigenvalue weighted by atomic mass is 16.3. The first-order valence-electron chi connectivity index (χ1n) is 3.80. The summed E-state index contributed by atoms with van der Waals surface area (Å²) in [6, 6.07) is 0. The van der Waals surface area contributed by atoms with E-state index in [0.29, 0.717) is 25.9 Å². The van der Waals surface area contributed by atoms with Crippen LogP contribution in [0.25, 0.3) is 0 Å². The molecule has 1 N–H and O–H groups in total. The van der Waals surface area contributed by atoms with Crippen LogP contribution in [0.4, 0.5) is 0 Å². The van der Waals surface area contributed by atoms with Crippen molar-refractivity contribution in [3.05, 3.63) is 12.7 Å². The Bertz CT molecular complexity index is 167. The smallest absolute Gasteiger partial charge is 0.226 e. The second-order valence-electron chi connectivity index (χ2n) is 2.78. The van der Waals surface area contributed by atoms with Crippen LogP contribution < -0.4 is 0 Å². The topological polar surface area (TPSA) is 40.5 Å². The SMILES string of the molecule is C=CCC(=O)N1CCC(O)C1. The van der Waals surface area contributed by atoms with Crippen molar-refractivity contribution in [3.8, 4) is 0 Å². The van der Waals surface area contributed by atoms with E-state index in [2.05, 4.69) is 6.58 Å². The highest BCUT2D eigenvalue weighted by Crippen LogP contribution is 2.09. The van der Waals surface area contributed by atoms with Crippen LogP contribution in [0.15, 0.2) is 12.7 Å². The van der Waals surface area contributed by atoms with Gasteiger partial charge in [0.1, 0.15) is 0 Å². The first kappa shape index (κ1) is 8.27. The summed E-state index contributed by atoms with van der Waals surface area (Å²) in [6.07, 6.45) is 2.37. The van der Waals surface area contributed by atoms with E-state index in [9.17, 15) is 4.79 Å². The summed E-state index contributed by atoms with van der Waals surface area (Å²) in [7, 11) is 0. The number of carbonyl (C=O) groups excluding carboxylic acids is 1. The highest BCUT2D eigenvalue weighted by Gasteiger charge is 2.23. The number of amides is 1. The van der Waals surface area contributed by atoms with Gasteiger partial charge in [0.25, 0.3) is 0 Å². The Hall–Kier alpha value is -0.830. The van der Waals surface area contributed by atoms with Crippen LogP contribution in [0.2, 0.25) is 0 Å². The Kier molecular flexibility index (Phi) is 2.65. The largest absolute Gasteiger partial charge is 0.391 e. The minimum Gasteiger partial charge on any atom is -0.391 e. The van der Waals surface area contributed by atoms with Crippen molar-refractivity contribution in [1.29, 1.82) is 0 Å². The summed E-state index contributed by atoms with van der Waals surface area (Å²) in [4.78, 5) is 12.8. The molecule has 11 heavy (non-hydrogen) atoms. The van der Waals surface area contributed by atoms with Crippen molar-refractivity contribution < 1.29 is 9.90 Å². The van der Waals surface area contributed by atoms with Gasteiger partial charge in [0.2, 0.25) is 5.91 Å². The van der Waals surface area contributed by atoms with Crippen molar-refractivity contribution >= 4 is 5.91 Å². The quantitative estimate of drug-likeness (QED) is 0.577. The minimum absolute atomic E-state index is 0.0663. The first-order valence-corrected chi connectivity index (χ1v) is 3.80. The maximum absolute atomic E-state index is 11.1. The number of carbonyl (C=O) groups is 1. The highest BCUT2D eigenvalue weighted by molar-refractivity contribution is 5.77. The lowest BCUT2D eigenvalue weighted by Crippen LogP contribution is -2.28. The first-order chi connectivity index (χ1) is 5.24. The molecule has 0 aromatic rings. The van der Waals surface area contributed by atoms with Crippen LogP contribution in [0.5, 0.6) is 0 Å². The van der Waals surface area contributed by atoms with Crippen LogP contribution in [-0.4, -0.2) is 35.1 Å². The normalized spacial score (nSPS) is 23.7. The summed E-state index contributed by atoms with van der Waals surface area (Å²) >= 11 is 0. The second-order valence-corrected chi connectivity index (χ2v) is 2.78. The zero-order valence-corrected chi connectivity index (χ0v) is 6.49. The Balaban J connectivity index is 2.36. The molecule has 1 saturated heterocycles. The van der Waals surface area contributed by atoms with E-state index in [0.717, 1.165) is 0 Å². The van der Waals surface area contributed by atoms with Crippen molar-refractivity contribution in [2.45, 2.75) is 18.9 Å². The van der Waals surface area contributed by atoms with Gasteiger partial charge >= 0.3 is 0 Å². The van der Waals surface area contributed by atoms with Crippen LogP contribution in [0, 0.1) is 0 Å². The summed E-state index contributed by atoms with van der Waals surface area (Å²) < 4.78 is 0. The number of likely N-dealkylation sites (tertiary alicyclic amines) is 1. The van der Waals surface area contributed by atoms with E-state index in [-0.39, 0.29) is 12.0 Å². The molecular weight excluding hydrogens is 142 g/mol. The summed E-state index contributed by atoms with van der Waals surface area (Å²) in [5.74, 6) is 0.0663. The van der Waals surface area contributed by atoms with Crippen LogP contribution in [0.1, 0.15) is 12.8 Å². The molecule has 0 saturated carbocycles. The second kappa shape index (κ2) is 3.53. The van der Waals surface area contributed by atoms with Gasteiger partial charge in [0.05, 0.1) is 6.10 Å². The number of aliphatic hydroxyl groups excluding tert-OH is 1. The fourth-order valence-electron chi connectivity index (χ4n) is 1.22. The fourth-order valence-corrected chi connectivity index (χ4v) is 1.22. The molecule has 0 bridgehead atoms. The molecule has 3 nitrogen and oxygen atoms in total. The molecule has 0 aliphatic carbocycles. The Morgan fingerprint density at radius 3 is 3.00 bits per heavy atom. The average molecular weight is 155 g/mol. The van der Waals surface area contributed by atoms with Gasteiger partial charge in [-0.15, -0.1) is 6.58 Å². The number of nitrogens with zero attached hydrogens (tertiary/aromatic N) is 1. The molecule has 1 rings (SSSR count). The van der Waals surface area contributed by atoms with Crippen molar-refractivity contribution in [2.24, 2.45) is 0 Å². The summed E-state index contributed by atoms with van der Waals surface area (Å²) in [6.45, 7) is 4.66. The third kappa shape index (κ3) is 2.05. The lowest BCUT2D eigenvalue weighted by atomic mass is 10.3. The molecule has 0 radical (unpaired) electrons. The third-order valence-corrected chi connectivity index (χ3v) is 1.84. The Morgan fingerprint density at radius 2 is 2.55 bits per heavy atom. The van der Waals surface area contributed by atoms with E-state index in [1.807, 2.05) is 0 Å². The van der Waals surface area contributed by atoms with E-state index in [4.69, 9.17) is 5.11 Å². The van der Waals surface area contributed by atoms with E-state index < -0.39 is 0 Å². The predicted octanol–water partition coefficient (Wildman–Crippen LogP) is 0.156. The molecule has 1 aliphatic rings. The molecule has 1 fully saturated rings. The average Bonchev–Trinajstić information content (AvgIpc) is 2.36. The number of hydrogen-bond acceptors (Lipinski definition) is 2. The number of aliphatic hydroxyl groups is 1. The molecule has 1 atom stereocenters. The van der Waals surface area contributed by atoms with Crippen molar-refractivity contribution in [1.82, 2.24) is 4.90 Å². The third-order valence-electron chi connectivity index (χ3n) is 1.84. The zero-order chi connectivity index (χ0) is 8.27. The lowest BCUT2D eigenvalue weighted by Gasteiger charge is -2.13. The standard InChI is InChI=1S/C8H13NO2/c1-2-3-8(11)9-5-4-7(10)6-9/h2,7,10H,1,3-6H2. The molecule has 3 heteroatoms. The van der Waals surface area contributed by atoms with E-state index in [1.165, 1.54) is 0 Å². The molecule has 1 aliphatic heterocycles. The molecule has 62 valence electrons. The molecule has 0 aromatic carbocycles. The monoisotopic (exact) mass is 155 g/mol. The predicted molar refractivity (Wildman–Crippen MR) is 42.0 cm³/mol. The number of hydrogen-bond donors (Lipinski definition) is 1. The molecule has 0 aromatic heterocycles. The zero-order valence-electron chi connectivity index (χ0n) is 6.49. The van der Waals surface area contributed by atoms with Crippen molar-refractivity contribution in [3.63, 3.8) is 0 Å². The number of β-amino-alcohol motifs (C(OH)–C–C–N with tert-alkyl or cyclic N) is 1. The molecule has 0 spiro atoms. The maximum Gasteiger partial charge on any atom is 0.226 e. The van der Waals surface area contributed by atoms with Gasteiger partial charge in [0.15, 0.2) is 0 Å². The van der Waals surface area contributed by atoms with Crippen molar-refractivity contribution in [2.75, 3.05) is 13.1 Å². The number of rotatable bonds is 2. The van der Waals surface area contributed by atoms with E-state index >= 15 is 0 Å². The minimum atomic E-state index is -0.316. The van der Waals surface area contributed by atoms with Gasteiger partial charge < -0.3 is 10.0 Å². The van der Waals surface area contributed by atoms with Crippen LogP contribution in [-0.2, 0) is 4.79 Å². The van der Waals surface area contributed by atoms with Gasteiger partial charge in [-0.05, 0) is 6.42 Å². The maximum atomic E-state index is 11.1. The summed E-state index contributed by atoms with van der Waals surface area (Å²) in [5, 5.41) is 9.10. The molecular formula is C8H13NO2.